The molecule has 2 rings (SSSR count). The van der Waals surface area contributed by atoms with Crippen LogP contribution in [0.25, 0.3) is 0 Å². The van der Waals surface area contributed by atoms with Crippen LogP contribution < -0.4 is 9.46 Å². The van der Waals surface area contributed by atoms with Crippen LogP contribution in [0.15, 0.2) is 41.3 Å². The van der Waals surface area contributed by atoms with E-state index < -0.39 is 14.9 Å². The Balaban J connectivity index is 2.50. The summed E-state index contributed by atoms with van der Waals surface area (Å²) < 4.78 is 32.3. The quantitative estimate of drug-likeness (QED) is 0.654. The van der Waals surface area contributed by atoms with Crippen molar-refractivity contribution >= 4 is 33.0 Å². The van der Waals surface area contributed by atoms with Crippen LogP contribution in [-0.4, -0.2) is 20.5 Å². The Labute approximate surface area is 138 Å². The van der Waals surface area contributed by atoms with Gasteiger partial charge < -0.3 is 4.74 Å². The molecule has 0 aliphatic carbocycles. The number of nitrogens with one attached hydrogen (secondary N) is 1. The van der Waals surface area contributed by atoms with Crippen molar-refractivity contribution in [3.63, 3.8) is 0 Å². The molecule has 0 aromatic heterocycles. The Morgan fingerprint density at radius 1 is 1.26 bits per heavy atom. The van der Waals surface area contributed by atoms with Crippen molar-refractivity contribution in [3.05, 3.63) is 57.1 Å². The monoisotopic (exact) mass is 356 g/mol. The fourth-order valence-corrected chi connectivity index (χ4v) is 3.31. The van der Waals surface area contributed by atoms with E-state index in [2.05, 4.69) is 4.72 Å². The van der Waals surface area contributed by atoms with E-state index in [1.165, 1.54) is 26.2 Å². The summed E-state index contributed by atoms with van der Waals surface area (Å²) >= 11 is 5.91. The number of halogens is 1. The molecule has 0 heterocycles. The number of benzene rings is 2. The minimum absolute atomic E-state index is 0.000369. The number of rotatable bonds is 5. The first-order valence-electron chi connectivity index (χ1n) is 6.36. The Hall–Kier alpha value is -2.32. The first-order chi connectivity index (χ1) is 10.8. The lowest BCUT2D eigenvalue weighted by Crippen LogP contribution is -2.14. The van der Waals surface area contributed by atoms with Crippen molar-refractivity contribution in [2.75, 3.05) is 11.8 Å². The van der Waals surface area contributed by atoms with Crippen LogP contribution in [0.2, 0.25) is 5.02 Å². The number of hydrogen-bond acceptors (Lipinski definition) is 5. The number of nitrogens with zero attached hydrogens (tertiary/aromatic N) is 1. The van der Waals surface area contributed by atoms with E-state index >= 15 is 0 Å². The number of methoxy groups -OCH3 is 1. The van der Waals surface area contributed by atoms with Gasteiger partial charge in [0.1, 0.15) is 5.75 Å². The molecule has 7 nitrogen and oxygen atoms in total. The van der Waals surface area contributed by atoms with E-state index in [1.807, 2.05) is 0 Å². The summed E-state index contributed by atoms with van der Waals surface area (Å²) in [4.78, 5) is 10.0. The molecular weight excluding hydrogens is 344 g/mol. The van der Waals surface area contributed by atoms with E-state index in [-0.39, 0.29) is 26.9 Å². The van der Waals surface area contributed by atoms with Crippen LogP contribution in [0.1, 0.15) is 5.56 Å². The molecular formula is C14H13ClN2O5S. The maximum atomic E-state index is 12.5. The first-order valence-corrected chi connectivity index (χ1v) is 8.22. The maximum absolute atomic E-state index is 12.5. The number of anilines is 1. The van der Waals surface area contributed by atoms with Gasteiger partial charge in [0, 0.05) is 11.6 Å². The molecule has 0 amide bonds. The third kappa shape index (κ3) is 3.54. The second-order valence-corrected chi connectivity index (χ2v) is 6.70. The topological polar surface area (TPSA) is 98.5 Å². The van der Waals surface area contributed by atoms with Crippen LogP contribution in [0, 0.1) is 17.0 Å². The van der Waals surface area contributed by atoms with Gasteiger partial charge in [0.15, 0.2) is 0 Å². The molecule has 0 bridgehead atoms. The van der Waals surface area contributed by atoms with Crippen molar-refractivity contribution in [1.82, 2.24) is 0 Å². The fourth-order valence-electron chi connectivity index (χ4n) is 1.92. The van der Waals surface area contributed by atoms with Gasteiger partial charge in [0.2, 0.25) is 0 Å². The molecule has 0 aliphatic rings. The van der Waals surface area contributed by atoms with Gasteiger partial charge >= 0.3 is 0 Å². The molecule has 0 radical (unpaired) electrons. The van der Waals surface area contributed by atoms with Crippen molar-refractivity contribution < 1.29 is 18.1 Å². The molecule has 2 aromatic carbocycles. The second kappa shape index (κ2) is 6.43. The van der Waals surface area contributed by atoms with E-state index in [9.17, 15) is 18.5 Å². The predicted molar refractivity (Wildman–Crippen MR) is 86.6 cm³/mol. The summed E-state index contributed by atoms with van der Waals surface area (Å²) in [6, 6.07) is 8.55. The average molecular weight is 357 g/mol. The highest BCUT2D eigenvalue weighted by atomic mass is 35.5. The Kier molecular flexibility index (Phi) is 4.76. The van der Waals surface area contributed by atoms with Gasteiger partial charge in [-0.3, -0.25) is 14.8 Å². The van der Waals surface area contributed by atoms with Crippen LogP contribution in [0.5, 0.6) is 5.75 Å². The first kappa shape index (κ1) is 17.0. The maximum Gasteiger partial charge on any atom is 0.275 e. The summed E-state index contributed by atoms with van der Waals surface area (Å²) in [5.41, 5.74) is 0.0557. The number of ether oxygens (including phenoxy) is 1. The highest BCUT2D eigenvalue weighted by Crippen LogP contribution is 2.31. The summed E-state index contributed by atoms with van der Waals surface area (Å²) in [5, 5.41) is 11.0. The van der Waals surface area contributed by atoms with Gasteiger partial charge in [-0.25, -0.2) is 8.42 Å². The van der Waals surface area contributed by atoms with Crippen molar-refractivity contribution in [3.8, 4) is 5.75 Å². The number of hydrogen-bond donors (Lipinski definition) is 1. The molecule has 0 saturated carbocycles. The lowest BCUT2D eigenvalue weighted by molar-refractivity contribution is -0.385. The number of sulfonamides is 1. The van der Waals surface area contributed by atoms with Crippen LogP contribution >= 0.6 is 11.6 Å². The smallest absolute Gasteiger partial charge is 0.275 e. The molecule has 23 heavy (non-hydrogen) atoms. The zero-order chi connectivity index (χ0) is 17.2. The van der Waals surface area contributed by atoms with Crippen LogP contribution in [0.3, 0.4) is 0 Å². The molecule has 0 atom stereocenters. The normalized spacial score (nSPS) is 11.1. The van der Waals surface area contributed by atoms with Crippen molar-refractivity contribution in [2.24, 2.45) is 0 Å². The standard InChI is InChI=1S/C14H13ClN2O5S/c1-9-11(15)7-10(8-13(9)17(18)19)23(20,21)16-12-5-3-4-6-14(12)22-2/h3-8,16H,1-2H3. The van der Waals surface area contributed by atoms with Gasteiger partial charge in [-0.05, 0) is 25.1 Å². The van der Waals surface area contributed by atoms with E-state index in [4.69, 9.17) is 16.3 Å². The molecule has 2 aromatic rings. The minimum Gasteiger partial charge on any atom is -0.495 e. The average Bonchev–Trinajstić information content (AvgIpc) is 2.49. The zero-order valence-corrected chi connectivity index (χ0v) is 13.8. The van der Waals surface area contributed by atoms with Crippen molar-refractivity contribution in [2.45, 2.75) is 11.8 Å². The lowest BCUT2D eigenvalue weighted by Gasteiger charge is -2.12. The minimum atomic E-state index is -4.06. The third-order valence-electron chi connectivity index (χ3n) is 3.15. The molecule has 122 valence electrons. The fraction of sp³-hybridized carbons (Fsp3) is 0.143. The number of nitro benzene ring substituents is 1. The summed E-state index contributed by atoms with van der Waals surface area (Å²) in [6.07, 6.45) is 0. The van der Waals surface area contributed by atoms with Crippen molar-refractivity contribution in [1.29, 1.82) is 0 Å². The van der Waals surface area contributed by atoms with Gasteiger partial charge in [-0.2, -0.15) is 0 Å². The highest BCUT2D eigenvalue weighted by Gasteiger charge is 2.23. The number of para-hydroxylation sites is 2. The Morgan fingerprint density at radius 2 is 1.91 bits per heavy atom. The van der Waals surface area contributed by atoms with Crippen LogP contribution in [0.4, 0.5) is 11.4 Å². The Morgan fingerprint density at radius 3 is 2.52 bits per heavy atom. The zero-order valence-electron chi connectivity index (χ0n) is 12.2. The molecule has 1 N–H and O–H groups in total. The SMILES string of the molecule is COc1ccccc1NS(=O)(=O)c1cc(Cl)c(C)c([N+](=O)[O-])c1. The van der Waals surface area contributed by atoms with E-state index in [0.717, 1.165) is 6.07 Å². The Bertz CT molecular complexity index is 867. The molecule has 0 fully saturated rings. The third-order valence-corrected chi connectivity index (χ3v) is 4.89. The summed E-state index contributed by atoms with van der Waals surface area (Å²) in [7, 11) is -2.66. The predicted octanol–water partition coefficient (Wildman–Crippen LogP) is 3.37. The molecule has 0 aliphatic heterocycles. The highest BCUT2D eigenvalue weighted by molar-refractivity contribution is 7.92. The second-order valence-electron chi connectivity index (χ2n) is 4.61. The van der Waals surface area contributed by atoms with Gasteiger partial charge in [0.25, 0.3) is 15.7 Å². The molecule has 0 unspecified atom stereocenters. The summed E-state index contributed by atoms with van der Waals surface area (Å²) in [6.45, 7) is 1.45. The van der Waals surface area contributed by atoms with Crippen LogP contribution in [-0.2, 0) is 10.0 Å². The molecule has 0 spiro atoms. The van der Waals surface area contributed by atoms with Gasteiger partial charge in [-0.1, -0.05) is 23.7 Å². The van der Waals surface area contributed by atoms with E-state index in [1.54, 1.807) is 18.2 Å². The molecule has 0 saturated heterocycles. The lowest BCUT2D eigenvalue weighted by atomic mass is 10.2. The van der Waals surface area contributed by atoms with Gasteiger partial charge in [0.05, 0.1) is 27.6 Å². The van der Waals surface area contributed by atoms with E-state index in [0.29, 0.717) is 5.75 Å². The number of nitro groups is 1. The summed E-state index contributed by atoms with van der Waals surface area (Å²) in [5.74, 6) is 0.323. The van der Waals surface area contributed by atoms with Gasteiger partial charge in [-0.15, -0.1) is 0 Å². The largest absolute Gasteiger partial charge is 0.495 e. The molecule has 9 heteroatoms.